The fraction of sp³-hybridized carbons (Fsp3) is 0.258. The maximum atomic E-state index is 13.7. The lowest BCUT2D eigenvalue weighted by atomic mass is 9.95. The number of aromatic nitrogens is 1. The van der Waals surface area contributed by atoms with E-state index in [1.165, 1.54) is 16.2 Å². The van der Waals surface area contributed by atoms with Crippen LogP contribution in [0.25, 0.3) is 16.0 Å². The summed E-state index contributed by atoms with van der Waals surface area (Å²) in [6, 6.07) is 16.7. The van der Waals surface area contributed by atoms with Crippen LogP contribution in [0.3, 0.4) is 0 Å². The molecule has 0 saturated carbocycles. The van der Waals surface area contributed by atoms with E-state index >= 15 is 0 Å². The molecule has 9 nitrogen and oxygen atoms in total. The minimum Gasteiger partial charge on any atom is -0.507 e. The number of fused-ring (bicyclic) bond motifs is 2. The van der Waals surface area contributed by atoms with Gasteiger partial charge in [-0.05, 0) is 60.5 Å². The Morgan fingerprint density at radius 1 is 1.05 bits per heavy atom. The molecule has 0 radical (unpaired) electrons. The number of hydrogen-bond acceptors (Lipinski definition) is 9. The van der Waals surface area contributed by atoms with Gasteiger partial charge in [-0.1, -0.05) is 36.8 Å². The third-order valence-electron chi connectivity index (χ3n) is 6.99. The van der Waals surface area contributed by atoms with Crippen LogP contribution in [0.5, 0.6) is 23.0 Å². The van der Waals surface area contributed by atoms with Crippen molar-refractivity contribution in [2.45, 2.75) is 25.8 Å². The molecule has 2 aliphatic rings. The number of nitrogens with zero attached hydrogens (tertiary/aromatic N) is 2. The second-order valence-corrected chi connectivity index (χ2v) is 10.6. The number of carbonyl (C=O) groups is 2. The molecule has 210 valence electrons. The van der Waals surface area contributed by atoms with E-state index in [-0.39, 0.29) is 11.3 Å². The van der Waals surface area contributed by atoms with Gasteiger partial charge in [-0.2, -0.15) is 0 Å². The fourth-order valence-corrected chi connectivity index (χ4v) is 5.94. The second-order valence-electron chi connectivity index (χ2n) is 9.63. The largest absolute Gasteiger partial charge is 0.507 e. The van der Waals surface area contributed by atoms with Gasteiger partial charge in [0, 0.05) is 5.56 Å². The Morgan fingerprint density at radius 3 is 2.68 bits per heavy atom. The molecule has 1 fully saturated rings. The molecule has 1 amide bonds. The van der Waals surface area contributed by atoms with E-state index in [2.05, 4.69) is 11.9 Å². The van der Waals surface area contributed by atoms with E-state index in [9.17, 15) is 14.7 Å². The van der Waals surface area contributed by atoms with Crippen LogP contribution < -0.4 is 23.8 Å². The molecule has 0 bridgehead atoms. The van der Waals surface area contributed by atoms with Crippen LogP contribution in [0, 0.1) is 0 Å². The number of ketones is 1. The third-order valence-corrected chi connectivity index (χ3v) is 8.01. The van der Waals surface area contributed by atoms with Crippen molar-refractivity contribution in [2.24, 2.45) is 0 Å². The van der Waals surface area contributed by atoms with Gasteiger partial charge < -0.3 is 24.1 Å². The van der Waals surface area contributed by atoms with Gasteiger partial charge >= 0.3 is 5.91 Å². The zero-order valence-corrected chi connectivity index (χ0v) is 23.4. The molecule has 0 unspecified atom stereocenters. The maximum Gasteiger partial charge on any atom is 0.301 e. The summed E-state index contributed by atoms with van der Waals surface area (Å²) < 4.78 is 23.4. The highest BCUT2D eigenvalue weighted by Gasteiger charge is 2.48. The van der Waals surface area contributed by atoms with Gasteiger partial charge in [-0.25, -0.2) is 4.98 Å². The van der Waals surface area contributed by atoms with Crippen molar-refractivity contribution in [3.05, 3.63) is 77.4 Å². The number of methoxy groups -OCH3 is 1. The predicted octanol–water partition coefficient (Wildman–Crippen LogP) is 5.88. The summed E-state index contributed by atoms with van der Waals surface area (Å²) in [5.74, 6) is 0.364. The lowest BCUT2D eigenvalue weighted by Crippen LogP contribution is -2.29. The summed E-state index contributed by atoms with van der Waals surface area (Å²) in [4.78, 5) is 33.3. The van der Waals surface area contributed by atoms with E-state index in [0.29, 0.717) is 64.6 Å². The van der Waals surface area contributed by atoms with Crippen LogP contribution in [0.1, 0.15) is 36.9 Å². The van der Waals surface area contributed by atoms with Crippen molar-refractivity contribution in [3.63, 3.8) is 0 Å². The zero-order valence-electron chi connectivity index (χ0n) is 22.6. The molecule has 10 heteroatoms. The number of amides is 1. The summed E-state index contributed by atoms with van der Waals surface area (Å²) in [6.07, 6.45) is 1.87. The lowest BCUT2D eigenvalue weighted by Gasteiger charge is -2.24. The van der Waals surface area contributed by atoms with E-state index < -0.39 is 17.7 Å². The van der Waals surface area contributed by atoms with Gasteiger partial charge in [-0.3, -0.25) is 14.5 Å². The molecule has 0 aliphatic carbocycles. The summed E-state index contributed by atoms with van der Waals surface area (Å²) in [6.45, 7) is 3.42. The maximum absolute atomic E-state index is 13.7. The molecule has 3 heterocycles. The predicted molar refractivity (Wildman–Crippen MR) is 155 cm³/mol. The highest BCUT2D eigenvalue weighted by molar-refractivity contribution is 7.22. The lowest BCUT2D eigenvalue weighted by molar-refractivity contribution is -0.132. The number of rotatable bonds is 8. The highest BCUT2D eigenvalue weighted by atomic mass is 32.1. The number of aliphatic hydroxyl groups is 1. The molecule has 1 atom stereocenters. The Morgan fingerprint density at radius 2 is 1.88 bits per heavy atom. The number of aliphatic hydroxyl groups excluding tert-OH is 1. The number of Topliss-reactive ketones (excluding diaryl/α,β-unsaturated/α-hetero) is 1. The molecule has 41 heavy (non-hydrogen) atoms. The Balaban J connectivity index is 1.50. The minimum atomic E-state index is -0.944. The molecular formula is C31H28N2O7S. The Kier molecular flexibility index (Phi) is 7.23. The number of anilines is 1. The van der Waals surface area contributed by atoms with Crippen molar-refractivity contribution in [3.8, 4) is 23.0 Å². The van der Waals surface area contributed by atoms with Crippen molar-refractivity contribution < 1.29 is 33.6 Å². The highest BCUT2D eigenvalue weighted by Crippen LogP contribution is 2.46. The molecular weight excluding hydrogens is 544 g/mol. The first-order chi connectivity index (χ1) is 20.0. The van der Waals surface area contributed by atoms with Crippen molar-refractivity contribution >= 4 is 44.1 Å². The molecule has 3 aromatic carbocycles. The van der Waals surface area contributed by atoms with Gasteiger partial charge in [0.2, 0.25) is 0 Å². The quantitative estimate of drug-likeness (QED) is 0.121. The second kappa shape index (κ2) is 11.1. The van der Waals surface area contributed by atoms with Crippen LogP contribution >= 0.6 is 11.3 Å². The minimum absolute atomic E-state index is 0.0470. The van der Waals surface area contributed by atoms with Gasteiger partial charge in [0.05, 0.1) is 35.5 Å². The van der Waals surface area contributed by atoms with E-state index in [0.717, 1.165) is 17.5 Å². The normalized spacial score (nSPS) is 17.7. The number of unbranched alkanes of at least 4 members (excludes halogenated alkanes) is 1. The van der Waals surface area contributed by atoms with Gasteiger partial charge in [0.15, 0.2) is 16.6 Å². The Labute approximate surface area is 240 Å². The average molecular weight is 573 g/mol. The Bertz CT molecular complexity index is 1680. The van der Waals surface area contributed by atoms with Gasteiger partial charge in [-0.15, -0.1) is 0 Å². The zero-order chi connectivity index (χ0) is 28.5. The molecule has 1 N–H and O–H groups in total. The van der Waals surface area contributed by atoms with Crippen LogP contribution in [0.4, 0.5) is 5.13 Å². The summed E-state index contributed by atoms with van der Waals surface area (Å²) in [5.41, 5.74) is 1.56. The monoisotopic (exact) mass is 572 g/mol. The number of thiazole rings is 1. The number of hydrogen-bond donors (Lipinski definition) is 1. The smallest absolute Gasteiger partial charge is 0.301 e. The molecule has 6 rings (SSSR count). The van der Waals surface area contributed by atoms with E-state index in [4.69, 9.17) is 18.9 Å². The Hall–Kier alpha value is -4.57. The topological polar surface area (TPSA) is 107 Å². The SMILES string of the molecule is CCCCOc1cccc([C@H]2/C(=C(\O)c3ccc4c(c3)OCCO4)C(=O)C(=O)N2c2nc3ccc(OC)cc3s2)c1. The fourth-order valence-electron chi connectivity index (χ4n) is 4.92. The first-order valence-corrected chi connectivity index (χ1v) is 14.2. The van der Waals surface area contributed by atoms with Crippen LogP contribution in [-0.4, -0.2) is 48.7 Å². The average Bonchev–Trinajstić information content (AvgIpc) is 3.54. The number of ether oxygens (including phenoxy) is 4. The third kappa shape index (κ3) is 4.95. The van der Waals surface area contributed by atoms with Crippen molar-refractivity contribution in [1.82, 2.24) is 4.98 Å². The standard InChI is InChI=1S/C31H28N2O7S/c1-3-4-12-38-21-7-5-6-18(15-21)27-26(28(34)19-8-11-23-24(16-19)40-14-13-39-23)29(35)30(36)33(27)31-32-22-10-9-20(37-2)17-25(22)41-31/h5-11,15-17,27,34H,3-4,12-14H2,1-2H3/b28-26+/t27-/m0/s1. The van der Waals surface area contributed by atoms with Gasteiger partial charge in [0.25, 0.3) is 5.78 Å². The number of benzene rings is 3. The van der Waals surface area contributed by atoms with Crippen LogP contribution in [-0.2, 0) is 9.59 Å². The summed E-state index contributed by atoms with van der Waals surface area (Å²) in [7, 11) is 1.58. The van der Waals surface area contributed by atoms with E-state index in [1.807, 2.05) is 24.3 Å². The van der Waals surface area contributed by atoms with Crippen LogP contribution in [0.15, 0.2) is 66.2 Å². The van der Waals surface area contributed by atoms with E-state index in [1.54, 1.807) is 43.5 Å². The summed E-state index contributed by atoms with van der Waals surface area (Å²) >= 11 is 1.27. The molecule has 1 aromatic heterocycles. The molecule has 4 aromatic rings. The van der Waals surface area contributed by atoms with Crippen molar-refractivity contribution in [1.29, 1.82) is 0 Å². The van der Waals surface area contributed by atoms with Gasteiger partial charge in [0.1, 0.15) is 30.5 Å². The first-order valence-electron chi connectivity index (χ1n) is 13.4. The van der Waals surface area contributed by atoms with Crippen LogP contribution in [0.2, 0.25) is 0 Å². The number of carbonyl (C=O) groups excluding carboxylic acids is 2. The first kappa shape index (κ1) is 26.6. The van der Waals surface area contributed by atoms with Crippen molar-refractivity contribution in [2.75, 3.05) is 31.8 Å². The molecule has 1 saturated heterocycles. The molecule has 0 spiro atoms. The summed E-state index contributed by atoms with van der Waals surface area (Å²) in [5, 5.41) is 11.9. The molecule has 2 aliphatic heterocycles.